The maximum absolute atomic E-state index is 9.28. The molecule has 1 aromatic carbocycles. The first-order valence-electron chi connectivity index (χ1n) is 6.76. The molecule has 0 aliphatic heterocycles. The highest BCUT2D eigenvalue weighted by atomic mass is 15.2. The topological polar surface area (TPSA) is 61.6 Å². The highest BCUT2D eigenvalue weighted by molar-refractivity contribution is 5.57. The summed E-state index contributed by atoms with van der Waals surface area (Å²) >= 11 is 0. The quantitative estimate of drug-likeness (QED) is 0.925. The highest BCUT2D eigenvalue weighted by Crippen LogP contribution is 2.42. The summed E-state index contributed by atoms with van der Waals surface area (Å²) < 4.78 is 0. The number of nitrogens with zero attached hydrogens (tertiary/aromatic N) is 3. The van der Waals surface area contributed by atoms with Crippen LogP contribution < -0.4 is 5.32 Å². The molecule has 0 radical (unpaired) electrons. The fourth-order valence-electron chi connectivity index (χ4n) is 2.45. The third kappa shape index (κ3) is 2.23. The molecule has 1 heterocycles. The molecule has 1 aliphatic rings. The number of nitriles is 1. The van der Waals surface area contributed by atoms with E-state index in [9.17, 15) is 5.26 Å². The minimum atomic E-state index is 0.348. The van der Waals surface area contributed by atoms with E-state index in [-0.39, 0.29) is 0 Å². The minimum Gasteiger partial charge on any atom is -0.364 e. The second-order valence-electron chi connectivity index (χ2n) is 5.25. The summed E-state index contributed by atoms with van der Waals surface area (Å²) in [4.78, 5) is 0. The van der Waals surface area contributed by atoms with Gasteiger partial charge in [-0.25, -0.2) is 0 Å². The van der Waals surface area contributed by atoms with Gasteiger partial charge in [0.25, 0.3) is 0 Å². The van der Waals surface area contributed by atoms with Crippen LogP contribution in [0.4, 0.5) is 5.82 Å². The summed E-state index contributed by atoms with van der Waals surface area (Å²) in [6.07, 6.45) is 1.07. The van der Waals surface area contributed by atoms with Crippen LogP contribution in [0, 0.1) is 25.2 Å². The molecular weight excluding hydrogens is 248 g/mol. The van der Waals surface area contributed by atoms with Crippen molar-refractivity contribution >= 4 is 5.82 Å². The van der Waals surface area contributed by atoms with Crippen molar-refractivity contribution in [3.05, 3.63) is 52.7 Å². The summed E-state index contributed by atoms with van der Waals surface area (Å²) in [5.41, 5.74) is 3.65. The Morgan fingerprint density at radius 2 is 1.95 bits per heavy atom. The summed E-state index contributed by atoms with van der Waals surface area (Å²) in [6, 6.07) is 13.0. The zero-order chi connectivity index (χ0) is 14.1. The van der Waals surface area contributed by atoms with Gasteiger partial charge in [-0.2, -0.15) is 10.4 Å². The number of hydrogen-bond donors (Lipinski definition) is 1. The molecule has 0 bridgehead atoms. The molecule has 1 aliphatic carbocycles. The van der Waals surface area contributed by atoms with Crippen LogP contribution in [-0.4, -0.2) is 16.2 Å². The standard InChI is InChI=1S/C16H16N4/c1-10-11(2)19-20-16(14(10)9-17)18-15-8-13(15)12-6-4-3-5-7-12/h3-7,13,15H,8H2,1-2H3,(H,18,20). The van der Waals surface area contributed by atoms with E-state index in [1.807, 2.05) is 19.9 Å². The normalized spacial score (nSPS) is 20.2. The van der Waals surface area contributed by atoms with Crippen molar-refractivity contribution in [3.63, 3.8) is 0 Å². The van der Waals surface area contributed by atoms with Gasteiger partial charge in [-0.1, -0.05) is 30.3 Å². The van der Waals surface area contributed by atoms with Crippen LogP contribution in [0.1, 0.15) is 34.7 Å². The van der Waals surface area contributed by atoms with E-state index in [1.165, 1.54) is 5.56 Å². The Labute approximate surface area is 118 Å². The lowest BCUT2D eigenvalue weighted by Gasteiger charge is -2.09. The van der Waals surface area contributed by atoms with Crippen LogP contribution in [-0.2, 0) is 0 Å². The Kier molecular flexibility index (Phi) is 3.11. The maximum Gasteiger partial charge on any atom is 0.167 e. The predicted octanol–water partition coefficient (Wildman–Crippen LogP) is 2.93. The van der Waals surface area contributed by atoms with E-state index in [1.54, 1.807) is 0 Å². The first-order chi connectivity index (χ1) is 9.70. The van der Waals surface area contributed by atoms with Crippen molar-refractivity contribution in [1.29, 1.82) is 5.26 Å². The molecule has 100 valence electrons. The third-order valence-corrected chi connectivity index (χ3v) is 3.91. The fourth-order valence-corrected chi connectivity index (χ4v) is 2.45. The van der Waals surface area contributed by atoms with Crippen molar-refractivity contribution in [3.8, 4) is 6.07 Å². The van der Waals surface area contributed by atoms with Crippen LogP contribution in [0.2, 0.25) is 0 Å². The smallest absolute Gasteiger partial charge is 0.167 e. The van der Waals surface area contributed by atoms with E-state index in [2.05, 4.69) is 45.8 Å². The lowest BCUT2D eigenvalue weighted by molar-refractivity contribution is 0.931. The molecule has 20 heavy (non-hydrogen) atoms. The van der Waals surface area contributed by atoms with E-state index in [4.69, 9.17) is 0 Å². The molecule has 3 rings (SSSR count). The predicted molar refractivity (Wildman–Crippen MR) is 77.4 cm³/mol. The van der Waals surface area contributed by atoms with Crippen molar-refractivity contribution < 1.29 is 0 Å². The van der Waals surface area contributed by atoms with Gasteiger partial charge in [0.15, 0.2) is 5.82 Å². The Morgan fingerprint density at radius 3 is 2.65 bits per heavy atom. The van der Waals surface area contributed by atoms with Crippen molar-refractivity contribution in [2.24, 2.45) is 0 Å². The van der Waals surface area contributed by atoms with Gasteiger partial charge in [0.1, 0.15) is 11.6 Å². The summed E-state index contributed by atoms with van der Waals surface area (Å²) in [7, 11) is 0. The average molecular weight is 264 g/mol. The van der Waals surface area contributed by atoms with Crippen molar-refractivity contribution in [2.75, 3.05) is 5.32 Å². The number of hydrogen-bond acceptors (Lipinski definition) is 4. The van der Waals surface area contributed by atoms with Crippen molar-refractivity contribution in [1.82, 2.24) is 10.2 Å². The van der Waals surface area contributed by atoms with Crippen molar-refractivity contribution in [2.45, 2.75) is 32.2 Å². The molecule has 2 atom stereocenters. The van der Waals surface area contributed by atoms with Gasteiger partial charge in [-0.15, -0.1) is 5.10 Å². The summed E-state index contributed by atoms with van der Waals surface area (Å²) in [5, 5.41) is 20.9. The Balaban J connectivity index is 1.78. The molecule has 4 nitrogen and oxygen atoms in total. The molecule has 0 saturated heterocycles. The zero-order valence-corrected chi connectivity index (χ0v) is 11.6. The van der Waals surface area contributed by atoms with Gasteiger partial charge in [-0.3, -0.25) is 0 Å². The molecule has 0 spiro atoms. The lowest BCUT2D eigenvalue weighted by atomic mass is 10.1. The van der Waals surface area contributed by atoms with Gasteiger partial charge in [0.05, 0.1) is 5.69 Å². The van der Waals surface area contributed by atoms with Crippen LogP contribution in [0.15, 0.2) is 30.3 Å². The first-order valence-corrected chi connectivity index (χ1v) is 6.76. The molecule has 1 fully saturated rings. The summed E-state index contributed by atoms with van der Waals surface area (Å²) in [5.74, 6) is 1.12. The van der Waals surface area contributed by atoms with E-state index >= 15 is 0 Å². The molecule has 2 unspecified atom stereocenters. The molecule has 1 saturated carbocycles. The summed E-state index contributed by atoms with van der Waals surface area (Å²) in [6.45, 7) is 3.78. The van der Waals surface area contributed by atoms with Gasteiger partial charge in [-0.05, 0) is 31.4 Å². The number of anilines is 1. The second-order valence-corrected chi connectivity index (χ2v) is 5.25. The maximum atomic E-state index is 9.28. The Bertz CT molecular complexity index is 673. The highest BCUT2D eigenvalue weighted by Gasteiger charge is 2.39. The van der Waals surface area contributed by atoms with Crippen LogP contribution in [0.3, 0.4) is 0 Å². The van der Waals surface area contributed by atoms with Gasteiger partial charge in [0, 0.05) is 12.0 Å². The van der Waals surface area contributed by atoms with Crippen LogP contribution in [0.5, 0.6) is 0 Å². The minimum absolute atomic E-state index is 0.348. The van der Waals surface area contributed by atoms with E-state index in [0.29, 0.717) is 23.3 Å². The Hall–Kier alpha value is -2.41. The van der Waals surface area contributed by atoms with E-state index < -0.39 is 0 Å². The first kappa shape index (κ1) is 12.6. The second kappa shape index (κ2) is 4.93. The van der Waals surface area contributed by atoms with Crippen LogP contribution in [0.25, 0.3) is 0 Å². The number of aryl methyl sites for hydroxylation is 1. The monoisotopic (exact) mass is 264 g/mol. The van der Waals surface area contributed by atoms with E-state index in [0.717, 1.165) is 17.7 Å². The molecule has 1 aromatic heterocycles. The average Bonchev–Trinajstić information content (AvgIpc) is 3.24. The molecule has 4 heteroatoms. The number of rotatable bonds is 3. The fraction of sp³-hybridized carbons (Fsp3) is 0.312. The van der Waals surface area contributed by atoms with Crippen LogP contribution >= 0.6 is 0 Å². The number of nitrogens with one attached hydrogen (secondary N) is 1. The third-order valence-electron chi connectivity index (χ3n) is 3.91. The zero-order valence-electron chi connectivity index (χ0n) is 11.6. The van der Waals surface area contributed by atoms with Gasteiger partial charge >= 0.3 is 0 Å². The molecule has 1 N–H and O–H groups in total. The SMILES string of the molecule is Cc1nnc(NC2CC2c2ccccc2)c(C#N)c1C. The van der Waals surface area contributed by atoms with Gasteiger partial charge < -0.3 is 5.32 Å². The largest absolute Gasteiger partial charge is 0.364 e. The van der Waals surface area contributed by atoms with Gasteiger partial charge in [0.2, 0.25) is 0 Å². The number of aromatic nitrogens is 2. The molecule has 2 aromatic rings. The lowest BCUT2D eigenvalue weighted by Crippen LogP contribution is -2.10. The molecule has 0 amide bonds. The Morgan fingerprint density at radius 1 is 1.20 bits per heavy atom. The molecular formula is C16H16N4. The number of benzene rings is 1.